The van der Waals surface area contributed by atoms with Crippen molar-refractivity contribution < 1.29 is 19.1 Å². The molecule has 0 saturated heterocycles. The molecule has 0 fully saturated rings. The van der Waals surface area contributed by atoms with Crippen molar-refractivity contribution in [1.29, 1.82) is 0 Å². The molecule has 0 aliphatic carbocycles. The summed E-state index contributed by atoms with van der Waals surface area (Å²) < 4.78 is 5.96. The Hall–Kier alpha value is -2.67. The summed E-state index contributed by atoms with van der Waals surface area (Å²) >= 11 is 3.36. The summed E-state index contributed by atoms with van der Waals surface area (Å²) in [4.78, 5) is 35.9. The molecule has 2 N–H and O–H groups in total. The van der Waals surface area contributed by atoms with Crippen LogP contribution in [0.2, 0.25) is 0 Å². The van der Waals surface area contributed by atoms with Crippen LogP contribution in [0.5, 0.6) is 0 Å². The average molecular weight is 447 g/mol. The number of rotatable bonds is 8. The SMILES string of the molecule is CC(CC(=O)OCC(=O)NC(C)c1ccc(Br)cc1)NC(=O)c1ccccc1. The van der Waals surface area contributed by atoms with Crippen molar-refractivity contribution in [3.63, 3.8) is 0 Å². The van der Waals surface area contributed by atoms with Crippen LogP contribution < -0.4 is 10.6 Å². The van der Waals surface area contributed by atoms with E-state index in [0.29, 0.717) is 5.56 Å². The van der Waals surface area contributed by atoms with Gasteiger partial charge in [0, 0.05) is 16.1 Å². The molecule has 148 valence electrons. The minimum atomic E-state index is -0.549. The second kappa shape index (κ2) is 10.6. The van der Waals surface area contributed by atoms with E-state index in [-0.39, 0.29) is 30.9 Å². The molecule has 0 aromatic heterocycles. The second-order valence-electron chi connectivity index (χ2n) is 6.45. The summed E-state index contributed by atoms with van der Waals surface area (Å²) in [5, 5.41) is 5.51. The monoisotopic (exact) mass is 446 g/mol. The van der Waals surface area contributed by atoms with Crippen molar-refractivity contribution in [3.05, 3.63) is 70.2 Å². The van der Waals surface area contributed by atoms with Crippen LogP contribution >= 0.6 is 15.9 Å². The van der Waals surface area contributed by atoms with Gasteiger partial charge in [-0.3, -0.25) is 14.4 Å². The van der Waals surface area contributed by atoms with E-state index in [0.717, 1.165) is 10.0 Å². The zero-order chi connectivity index (χ0) is 20.5. The Bertz CT molecular complexity index is 809. The zero-order valence-corrected chi connectivity index (χ0v) is 17.4. The number of carbonyl (C=O) groups is 3. The lowest BCUT2D eigenvalue weighted by Crippen LogP contribution is -2.36. The minimum absolute atomic E-state index is 0.0197. The summed E-state index contributed by atoms with van der Waals surface area (Å²) in [5.74, 6) is -1.20. The Morgan fingerprint density at radius 1 is 0.964 bits per heavy atom. The van der Waals surface area contributed by atoms with Crippen molar-refractivity contribution in [2.24, 2.45) is 0 Å². The maximum atomic E-state index is 12.0. The fourth-order valence-electron chi connectivity index (χ4n) is 2.52. The van der Waals surface area contributed by atoms with Gasteiger partial charge in [-0.1, -0.05) is 46.3 Å². The summed E-state index contributed by atoms with van der Waals surface area (Å²) in [6.07, 6.45) is -0.0197. The van der Waals surface area contributed by atoms with Gasteiger partial charge in [0.25, 0.3) is 11.8 Å². The van der Waals surface area contributed by atoms with Gasteiger partial charge in [-0.2, -0.15) is 0 Å². The van der Waals surface area contributed by atoms with E-state index in [1.165, 1.54) is 0 Å². The van der Waals surface area contributed by atoms with E-state index in [4.69, 9.17) is 4.74 Å². The normalized spacial score (nSPS) is 12.5. The molecule has 0 heterocycles. The van der Waals surface area contributed by atoms with Crippen LogP contribution in [0.1, 0.15) is 42.2 Å². The first kappa shape index (κ1) is 21.6. The molecule has 0 aliphatic heterocycles. The lowest BCUT2D eigenvalue weighted by Gasteiger charge is -2.16. The number of benzene rings is 2. The molecule has 0 saturated carbocycles. The molecule has 0 spiro atoms. The molecule has 0 bridgehead atoms. The van der Waals surface area contributed by atoms with Gasteiger partial charge in [0.15, 0.2) is 6.61 Å². The Labute approximate surface area is 172 Å². The average Bonchev–Trinajstić information content (AvgIpc) is 2.67. The standard InChI is InChI=1S/C21H23BrN2O4/c1-14(23-21(27)17-6-4-3-5-7-17)12-20(26)28-13-19(25)24-15(2)16-8-10-18(22)11-9-16/h3-11,14-15H,12-13H2,1-2H3,(H,23,27)(H,24,25). The fraction of sp³-hybridized carbons (Fsp3) is 0.286. The molecule has 0 aliphatic rings. The maximum absolute atomic E-state index is 12.0. The third kappa shape index (κ3) is 7.15. The highest BCUT2D eigenvalue weighted by Gasteiger charge is 2.16. The lowest BCUT2D eigenvalue weighted by atomic mass is 10.1. The van der Waals surface area contributed by atoms with Crippen molar-refractivity contribution in [2.45, 2.75) is 32.4 Å². The van der Waals surface area contributed by atoms with Crippen molar-refractivity contribution >= 4 is 33.7 Å². The van der Waals surface area contributed by atoms with Crippen LogP contribution in [-0.2, 0) is 14.3 Å². The first-order chi connectivity index (χ1) is 13.3. The molecule has 2 rings (SSSR count). The number of esters is 1. The predicted octanol–water partition coefficient (Wildman–Crippen LogP) is 3.38. The molecule has 2 amide bonds. The number of hydrogen-bond donors (Lipinski definition) is 2. The Kier molecular flexibility index (Phi) is 8.19. The third-order valence-corrected chi connectivity index (χ3v) is 4.53. The van der Waals surface area contributed by atoms with Gasteiger partial charge in [-0.05, 0) is 43.7 Å². The van der Waals surface area contributed by atoms with E-state index in [1.54, 1.807) is 31.2 Å². The molecule has 2 aromatic rings. The summed E-state index contributed by atoms with van der Waals surface area (Å²) in [5.41, 5.74) is 1.46. The highest BCUT2D eigenvalue weighted by atomic mass is 79.9. The van der Waals surface area contributed by atoms with Crippen molar-refractivity contribution in [1.82, 2.24) is 10.6 Å². The number of hydrogen-bond acceptors (Lipinski definition) is 4. The number of ether oxygens (including phenoxy) is 1. The van der Waals surface area contributed by atoms with E-state index in [2.05, 4.69) is 26.6 Å². The number of nitrogens with one attached hydrogen (secondary N) is 2. The van der Waals surface area contributed by atoms with E-state index in [9.17, 15) is 14.4 Å². The zero-order valence-electron chi connectivity index (χ0n) is 15.8. The molecule has 28 heavy (non-hydrogen) atoms. The van der Waals surface area contributed by atoms with Crippen molar-refractivity contribution in [3.8, 4) is 0 Å². The molecular weight excluding hydrogens is 424 g/mol. The smallest absolute Gasteiger partial charge is 0.308 e. The minimum Gasteiger partial charge on any atom is -0.456 e. The summed E-state index contributed by atoms with van der Waals surface area (Å²) in [6, 6.07) is 15.7. The first-order valence-corrected chi connectivity index (χ1v) is 9.71. The van der Waals surface area contributed by atoms with Gasteiger partial charge in [-0.25, -0.2) is 0 Å². The first-order valence-electron chi connectivity index (χ1n) is 8.91. The second-order valence-corrected chi connectivity index (χ2v) is 7.36. The van der Waals surface area contributed by atoms with Gasteiger partial charge in [-0.15, -0.1) is 0 Å². The molecule has 2 aromatic carbocycles. The summed E-state index contributed by atoms with van der Waals surface area (Å²) in [6.45, 7) is 3.20. The lowest BCUT2D eigenvalue weighted by molar-refractivity contribution is -0.149. The van der Waals surface area contributed by atoms with Crippen LogP contribution in [-0.4, -0.2) is 30.4 Å². The highest BCUT2D eigenvalue weighted by molar-refractivity contribution is 9.10. The largest absolute Gasteiger partial charge is 0.456 e. The van der Waals surface area contributed by atoms with E-state index in [1.807, 2.05) is 37.3 Å². The van der Waals surface area contributed by atoms with Crippen LogP contribution in [0.25, 0.3) is 0 Å². The molecule has 2 atom stereocenters. The Morgan fingerprint density at radius 2 is 1.61 bits per heavy atom. The van der Waals surface area contributed by atoms with Gasteiger partial charge < -0.3 is 15.4 Å². The van der Waals surface area contributed by atoms with Gasteiger partial charge in [0.2, 0.25) is 0 Å². The topological polar surface area (TPSA) is 84.5 Å². The molecule has 0 radical (unpaired) electrons. The van der Waals surface area contributed by atoms with Crippen LogP contribution in [0.15, 0.2) is 59.1 Å². The van der Waals surface area contributed by atoms with Crippen LogP contribution in [0.4, 0.5) is 0 Å². The predicted molar refractivity (Wildman–Crippen MR) is 110 cm³/mol. The molecule has 2 unspecified atom stereocenters. The quantitative estimate of drug-likeness (QED) is 0.608. The number of amides is 2. The fourth-order valence-corrected chi connectivity index (χ4v) is 2.78. The molecule has 7 heteroatoms. The summed E-state index contributed by atoms with van der Waals surface area (Å²) in [7, 11) is 0. The van der Waals surface area contributed by atoms with Gasteiger partial charge in [0.1, 0.15) is 0 Å². The highest BCUT2D eigenvalue weighted by Crippen LogP contribution is 2.16. The molecule has 6 nitrogen and oxygen atoms in total. The number of carbonyl (C=O) groups excluding carboxylic acids is 3. The number of halogens is 1. The van der Waals surface area contributed by atoms with Crippen molar-refractivity contribution in [2.75, 3.05) is 6.61 Å². The third-order valence-electron chi connectivity index (χ3n) is 4.00. The maximum Gasteiger partial charge on any atom is 0.308 e. The van der Waals surface area contributed by atoms with E-state index < -0.39 is 12.0 Å². The van der Waals surface area contributed by atoms with Gasteiger partial charge in [0.05, 0.1) is 12.5 Å². The molecular formula is C21H23BrN2O4. The van der Waals surface area contributed by atoms with Crippen LogP contribution in [0, 0.1) is 0 Å². The Balaban J connectivity index is 1.71. The Morgan fingerprint density at radius 3 is 2.25 bits per heavy atom. The van der Waals surface area contributed by atoms with Crippen LogP contribution in [0.3, 0.4) is 0 Å². The van der Waals surface area contributed by atoms with E-state index >= 15 is 0 Å². The van der Waals surface area contributed by atoms with Gasteiger partial charge >= 0.3 is 5.97 Å².